The summed E-state index contributed by atoms with van der Waals surface area (Å²) in [5.41, 5.74) is 6.87. The number of nitrogens with zero attached hydrogens (tertiary/aromatic N) is 2. The highest BCUT2D eigenvalue weighted by Crippen LogP contribution is 2.36. The van der Waals surface area contributed by atoms with Crippen molar-refractivity contribution in [1.82, 2.24) is 10.3 Å². The van der Waals surface area contributed by atoms with Gasteiger partial charge in [0.05, 0.1) is 18.0 Å². The second-order valence-electron chi connectivity index (χ2n) is 5.50. The molecule has 2 aliphatic heterocycles. The van der Waals surface area contributed by atoms with E-state index in [2.05, 4.69) is 15.9 Å². The van der Waals surface area contributed by atoms with Gasteiger partial charge in [-0.15, -0.1) is 5.10 Å². The molecule has 25 heavy (non-hydrogen) atoms. The van der Waals surface area contributed by atoms with Crippen LogP contribution in [-0.4, -0.2) is 16.7 Å². The number of hydrogen-bond acceptors (Lipinski definition) is 5. The molecule has 0 amide bonds. The molecular weight excluding hydrogens is 337 g/mol. The van der Waals surface area contributed by atoms with Gasteiger partial charge in [0, 0.05) is 17.2 Å². The molecule has 1 N–H and O–H groups in total. The van der Waals surface area contributed by atoms with E-state index in [1.165, 1.54) is 12.1 Å². The summed E-state index contributed by atoms with van der Waals surface area (Å²) < 4.78 is 18.6. The van der Waals surface area contributed by atoms with Crippen LogP contribution in [0.5, 0.6) is 5.75 Å². The lowest BCUT2D eigenvalue weighted by Gasteiger charge is -2.24. The van der Waals surface area contributed by atoms with Crippen LogP contribution in [0.25, 0.3) is 11.4 Å². The van der Waals surface area contributed by atoms with Crippen LogP contribution in [0.3, 0.4) is 0 Å². The zero-order valence-corrected chi connectivity index (χ0v) is 14.4. The molecule has 0 saturated carbocycles. The normalized spacial score (nSPS) is 15.8. The Labute approximate surface area is 149 Å². The lowest BCUT2D eigenvalue weighted by atomic mass is 10.1. The van der Waals surface area contributed by atoms with E-state index >= 15 is 0 Å². The van der Waals surface area contributed by atoms with Crippen LogP contribution in [0.1, 0.15) is 18.1 Å². The maximum Gasteiger partial charge on any atom is 0.196 e. The van der Waals surface area contributed by atoms with E-state index in [0.29, 0.717) is 6.61 Å². The summed E-state index contributed by atoms with van der Waals surface area (Å²) in [6, 6.07) is 14.4. The summed E-state index contributed by atoms with van der Waals surface area (Å²) in [6.45, 7) is 2.62. The zero-order chi connectivity index (χ0) is 17.2. The molecule has 0 bridgehead atoms. The topological polar surface area (TPSA) is 36.9 Å². The van der Waals surface area contributed by atoms with E-state index < -0.39 is 0 Å². The molecule has 0 saturated heterocycles. The van der Waals surface area contributed by atoms with Crippen LogP contribution in [0.2, 0.25) is 0 Å². The van der Waals surface area contributed by atoms with E-state index in [1.807, 2.05) is 42.3 Å². The highest BCUT2D eigenvalue weighted by molar-refractivity contribution is 8.16. The van der Waals surface area contributed by atoms with Crippen molar-refractivity contribution in [3.63, 3.8) is 0 Å². The van der Waals surface area contributed by atoms with Crippen LogP contribution >= 0.6 is 11.8 Å². The molecule has 126 valence electrons. The Morgan fingerprint density at radius 2 is 1.80 bits per heavy atom. The van der Waals surface area contributed by atoms with Gasteiger partial charge in [-0.3, -0.25) is 10.3 Å². The van der Waals surface area contributed by atoms with E-state index in [4.69, 9.17) is 4.74 Å². The van der Waals surface area contributed by atoms with E-state index in [9.17, 15) is 4.39 Å². The molecule has 0 spiro atoms. The third-order valence-electron chi connectivity index (χ3n) is 3.89. The van der Waals surface area contributed by atoms with E-state index in [0.717, 1.165) is 33.4 Å². The molecule has 2 aromatic rings. The van der Waals surface area contributed by atoms with Gasteiger partial charge in [-0.2, -0.15) is 0 Å². The number of nitrogens with one attached hydrogen (secondary N) is 1. The molecule has 6 heteroatoms. The van der Waals surface area contributed by atoms with Gasteiger partial charge in [0.2, 0.25) is 0 Å². The van der Waals surface area contributed by atoms with Crippen molar-refractivity contribution in [2.24, 2.45) is 5.10 Å². The van der Waals surface area contributed by atoms with Crippen LogP contribution in [0.15, 0.2) is 65.2 Å². The Bertz CT molecular complexity index is 873. The number of rotatable bonds is 4. The van der Waals surface area contributed by atoms with Crippen molar-refractivity contribution in [2.75, 3.05) is 6.61 Å². The molecule has 0 aromatic heterocycles. The van der Waals surface area contributed by atoms with Gasteiger partial charge in [-0.25, -0.2) is 4.39 Å². The van der Waals surface area contributed by atoms with Crippen LogP contribution in [-0.2, 0) is 0 Å². The van der Waals surface area contributed by atoms with E-state index in [-0.39, 0.29) is 5.82 Å². The molecule has 0 unspecified atom stereocenters. The molecule has 0 fully saturated rings. The maximum atomic E-state index is 13.1. The average molecular weight is 353 g/mol. The molecule has 0 radical (unpaired) electrons. The number of halogens is 1. The largest absolute Gasteiger partial charge is 0.494 e. The molecule has 4 nitrogen and oxygen atoms in total. The van der Waals surface area contributed by atoms with Gasteiger partial charge >= 0.3 is 0 Å². The van der Waals surface area contributed by atoms with Gasteiger partial charge in [-0.1, -0.05) is 11.8 Å². The van der Waals surface area contributed by atoms with Crippen molar-refractivity contribution < 1.29 is 9.13 Å². The van der Waals surface area contributed by atoms with Crippen molar-refractivity contribution in [3.8, 4) is 5.75 Å². The number of benzene rings is 2. The van der Waals surface area contributed by atoms with Crippen molar-refractivity contribution in [2.45, 2.75) is 6.92 Å². The molecular formula is C19H16FN3OS. The number of hydrazone groups is 1. The Morgan fingerprint density at radius 1 is 1.08 bits per heavy atom. The second-order valence-corrected chi connectivity index (χ2v) is 6.34. The van der Waals surface area contributed by atoms with Gasteiger partial charge in [-0.05, 0) is 61.0 Å². The second kappa shape index (κ2) is 6.64. The van der Waals surface area contributed by atoms with Crippen molar-refractivity contribution in [3.05, 3.63) is 77.1 Å². The Morgan fingerprint density at radius 3 is 2.52 bits per heavy atom. The minimum atomic E-state index is -0.254. The fraction of sp³-hybridized carbons (Fsp3) is 0.105. The number of hydrogen-bond donors (Lipinski definition) is 1. The molecule has 2 aromatic carbocycles. The standard InChI is InChI=1S/C19H16FN3OS/c1-2-24-16-9-5-14(6-10-16)18-12-25-19-22-21-17(11-23(18)19)13-3-7-15(20)8-4-13/h3-12,21H,2H2,1H3. The highest BCUT2D eigenvalue weighted by atomic mass is 32.2. The summed E-state index contributed by atoms with van der Waals surface area (Å²) in [5.74, 6) is 0.602. The first-order valence-corrected chi connectivity index (χ1v) is 8.83. The molecule has 0 aliphatic carbocycles. The molecule has 4 rings (SSSR count). The Hall–Kier alpha value is -2.73. The summed E-state index contributed by atoms with van der Waals surface area (Å²) in [6.07, 6.45) is 1.98. The fourth-order valence-electron chi connectivity index (χ4n) is 2.66. The smallest absolute Gasteiger partial charge is 0.196 e. The van der Waals surface area contributed by atoms with Crippen molar-refractivity contribution >= 4 is 28.3 Å². The Balaban J connectivity index is 1.62. The molecule has 2 aliphatic rings. The van der Waals surface area contributed by atoms with E-state index in [1.54, 1.807) is 23.9 Å². The Kier molecular flexibility index (Phi) is 4.19. The zero-order valence-electron chi connectivity index (χ0n) is 13.6. The van der Waals surface area contributed by atoms with Crippen LogP contribution < -0.4 is 10.2 Å². The first-order chi connectivity index (χ1) is 12.2. The minimum Gasteiger partial charge on any atom is -0.494 e. The monoisotopic (exact) mass is 353 g/mol. The predicted molar refractivity (Wildman–Crippen MR) is 100.0 cm³/mol. The minimum absolute atomic E-state index is 0.254. The number of ether oxygens (including phenoxy) is 1. The van der Waals surface area contributed by atoms with Gasteiger partial charge in [0.15, 0.2) is 5.17 Å². The predicted octanol–water partition coefficient (Wildman–Crippen LogP) is 4.44. The van der Waals surface area contributed by atoms with Gasteiger partial charge in [0.25, 0.3) is 0 Å². The SMILES string of the molecule is CCOc1ccc(C2=CSC3=NNC(c4ccc(F)cc4)=CN23)cc1. The average Bonchev–Trinajstić information content (AvgIpc) is 3.06. The number of amidine groups is 1. The quantitative estimate of drug-likeness (QED) is 0.881. The van der Waals surface area contributed by atoms with Crippen LogP contribution in [0.4, 0.5) is 4.39 Å². The fourth-order valence-corrected chi connectivity index (χ4v) is 3.49. The lowest BCUT2D eigenvalue weighted by Crippen LogP contribution is -2.26. The molecule has 0 atom stereocenters. The van der Waals surface area contributed by atoms with Crippen molar-refractivity contribution in [1.29, 1.82) is 0 Å². The van der Waals surface area contributed by atoms with Gasteiger partial charge < -0.3 is 4.74 Å². The first-order valence-electron chi connectivity index (χ1n) is 7.95. The third-order valence-corrected chi connectivity index (χ3v) is 4.73. The summed E-state index contributed by atoms with van der Waals surface area (Å²) >= 11 is 1.56. The number of thioether (sulfide) groups is 1. The summed E-state index contributed by atoms with van der Waals surface area (Å²) in [4.78, 5) is 2.04. The number of fused-ring (bicyclic) bond motifs is 1. The summed E-state index contributed by atoms with van der Waals surface area (Å²) in [7, 11) is 0. The maximum absolute atomic E-state index is 13.1. The highest BCUT2D eigenvalue weighted by Gasteiger charge is 2.26. The van der Waals surface area contributed by atoms with Crippen LogP contribution in [0, 0.1) is 5.82 Å². The molecule has 2 heterocycles. The third kappa shape index (κ3) is 3.13. The summed E-state index contributed by atoms with van der Waals surface area (Å²) in [5, 5.41) is 7.34. The first kappa shape index (κ1) is 15.8. The lowest BCUT2D eigenvalue weighted by molar-refractivity contribution is 0.340. The van der Waals surface area contributed by atoms with Gasteiger partial charge in [0.1, 0.15) is 11.6 Å².